The van der Waals surface area contributed by atoms with Gasteiger partial charge in [0, 0.05) is 5.69 Å². The molecule has 0 spiro atoms. The Labute approximate surface area is 122 Å². The maximum Gasteiger partial charge on any atom is 0.188 e. The molecule has 1 aromatic heterocycles. The van der Waals surface area contributed by atoms with E-state index < -0.39 is 0 Å². The molecular weight excluding hydrogens is 268 g/mol. The molecule has 0 aliphatic carbocycles. The Hall–Kier alpha value is -2.07. The monoisotopic (exact) mass is 284 g/mol. The number of nitrogens with zero attached hydrogens (tertiary/aromatic N) is 1. The van der Waals surface area contributed by atoms with Crippen molar-refractivity contribution in [3.8, 4) is 5.75 Å². The summed E-state index contributed by atoms with van der Waals surface area (Å²) in [7, 11) is 0. The molecule has 0 radical (unpaired) electrons. The zero-order chi connectivity index (χ0) is 13.9. The molecule has 0 aliphatic heterocycles. The van der Waals surface area contributed by atoms with E-state index in [0.29, 0.717) is 6.61 Å². The van der Waals surface area contributed by atoms with Crippen molar-refractivity contribution in [2.24, 2.45) is 0 Å². The molecule has 1 N–H and O–H groups in total. The number of hydrogen-bond acceptors (Lipinski definition) is 4. The summed E-state index contributed by atoms with van der Waals surface area (Å²) in [6.45, 7) is 4.75. The van der Waals surface area contributed by atoms with Crippen LogP contribution in [0.25, 0.3) is 10.2 Å². The molecule has 3 rings (SSSR count). The zero-order valence-corrected chi connectivity index (χ0v) is 12.3. The number of rotatable bonds is 4. The number of hydrogen-bond donors (Lipinski definition) is 1. The van der Waals surface area contributed by atoms with Gasteiger partial charge in [0.1, 0.15) is 5.75 Å². The predicted octanol–water partition coefficient (Wildman–Crippen LogP) is 4.75. The summed E-state index contributed by atoms with van der Waals surface area (Å²) in [5.41, 5.74) is 3.30. The highest BCUT2D eigenvalue weighted by Crippen LogP contribution is 2.31. The van der Waals surface area contributed by atoms with Crippen LogP contribution in [0.3, 0.4) is 0 Å². The standard InChI is InChI=1S/C16H16N2OS/c1-3-19-13-8-9-14-15(10-13)20-16(18-14)17-12-6-4-11(2)5-7-12/h4-10H,3H2,1-2H3,(H,17,18). The van der Waals surface area contributed by atoms with Gasteiger partial charge in [0.05, 0.1) is 16.8 Å². The summed E-state index contributed by atoms with van der Waals surface area (Å²) in [6, 6.07) is 14.3. The SMILES string of the molecule is CCOc1ccc2nc(Nc3ccc(C)cc3)sc2c1. The molecular formula is C16H16N2OS. The molecule has 3 aromatic rings. The number of benzene rings is 2. The Morgan fingerprint density at radius 3 is 2.70 bits per heavy atom. The maximum absolute atomic E-state index is 5.51. The van der Waals surface area contributed by atoms with Crippen LogP contribution in [-0.4, -0.2) is 11.6 Å². The topological polar surface area (TPSA) is 34.1 Å². The Morgan fingerprint density at radius 1 is 1.15 bits per heavy atom. The maximum atomic E-state index is 5.51. The molecule has 0 amide bonds. The van der Waals surface area contributed by atoms with Gasteiger partial charge in [-0.15, -0.1) is 0 Å². The van der Waals surface area contributed by atoms with Gasteiger partial charge in [-0.1, -0.05) is 29.0 Å². The number of nitrogens with one attached hydrogen (secondary N) is 1. The van der Waals surface area contributed by atoms with Gasteiger partial charge in [-0.2, -0.15) is 0 Å². The first kappa shape index (κ1) is 12.9. The summed E-state index contributed by atoms with van der Waals surface area (Å²) in [5.74, 6) is 0.894. The van der Waals surface area contributed by atoms with E-state index in [2.05, 4.69) is 41.5 Å². The van der Waals surface area contributed by atoms with Gasteiger partial charge < -0.3 is 10.1 Å². The zero-order valence-electron chi connectivity index (χ0n) is 11.5. The molecule has 20 heavy (non-hydrogen) atoms. The smallest absolute Gasteiger partial charge is 0.188 e. The number of aryl methyl sites for hydroxylation is 1. The minimum Gasteiger partial charge on any atom is -0.494 e. The summed E-state index contributed by atoms with van der Waals surface area (Å²) in [4.78, 5) is 4.58. The molecule has 0 atom stereocenters. The average molecular weight is 284 g/mol. The molecule has 3 nitrogen and oxygen atoms in total. The fourth-order valence-corrected chi connectivity index (χ4v) is 2.89. The Bertz CT molecular complexity index is 719. The van der Waals surface area contributed by atoms with E-state index >= 15 is 0 Å². The molecule has 0 saturated heterocycles. The van der Waals surface area contributed by atoms with Crippen molar-refractivity contribution in [3.63, 3.8) is 0 Å². The van der Waals surface area contributed by atoms with Gasteiger partial charge in [-0.05, 0) is 44.2 Å². The molecule has 0 aliphatic rings. The molecule has 4 heteroatoms. The number of fused-ring (bicyclic) bond motifs is 1. The predicted molar refractivity (Wildman–Crippen MR) is 85.3 cm³/mol. The minimum absolute atomic E-state index is 0.679. The fourth-order valence-electron chi connectivity index (χ4n) is 1.98. The van der Waals surface area contributed by atoms with Crippen molar-refractivity contribution in [2.75, 3.05) is 11.9 Å². The Morgan fingerprint density at radius 2 is 1.95 bits per heavy atom. The third-order valence-corrected chi connectivity index (χ3v) is 3.91. The van der Waals surface area contributed by atoms with Crippen LogP contribution in [-0.2, 0) is 0 Å². The fraction of sp³-hybridized carbons (Fsp3) is 0.188. The van der Waals surface area contributed by atoms with Crippen molar-refractivity contribution in [1.82, 2.24) is 4.98 Å². The van der Waals surface area contributed by atoms with Gasteiger partial charge in [0.2, 0.25) is 0 Å². The van der Waals surface area contributed by atoms with E-state index in [1.807, 2.05) is 25.1 Å². The van der Waals surface area contributed by atoms with Crippen molar-refractivity contribution >= 4 is 32.4 Å². The first-order valence-corrected chi connectivity index (χ1v) is 7.43. The highest BCUT2D eigenvalue weighted by Gasteiger charge is 2.05. The highest BCUT2D eigenvalue weighted by molar-refractivity contribution is 7.22. The van der Waals surface area contributed by atoms with Crippen LogP contribution in [0.2, 0.25) is 0 Å². The third kappa shape index (κ3) is 2.75. The van der Waals surface area contributed by atoms with E-state index in [0.717, 1.165) is 26.8 Å². The average Bonchev–Trinajstić information content (AvgIpc) is 2.83. The van der Waals surface area contributed by atoms with Crippen LogP contribution in [0.15, 0.2) is 42.5 Å². The summed E-state index contributed by atoms with van der Waals surface area (Å²) in [6.07, 6.45) is 0. The summed E-state index contributed by atoms with van der Waals surface area (Å²) >= 11 is 1.63. The van der Waals surface area contributed by atoms with Gasteiger partial charge in [0.25, 0.3) is 0 Å². The van der Waals surface area contributed by atoms with Crippen LogP contribution in [0, 0.1) is 6.92 Å². The Kier molecular flexibility index (Phi) is 3.56. The lowest BCUT2D eigenvalue weighted by atomic mass is 10.2. The Balaban J connectivity index is 1.86. The van der Waals surface area contributed by atoms with Crippen molar-refractivity contribution in [3.05, 3.63) is 48.0 Å². The molecule has 102 valence electrons. The van der Waals surface area contributed by atoms with Gasteiger partial charge in [-0.25, -0.2) is 4.98 Å². The molecule has 2 aromatic carbocycles. The lowest BCUT2D eigenvalue weighted by Gasteiger charge is -2.01. The van der Waals surface area contributed by atoms with Gasteiger partial charge in [-0.3, -0.25) is 0 Å². The van der Waals surface area contributed by atoms with Crippen molar-refractivity contribution in [2.45, 2.75) is 13.8 Å². The van der Waals surface area contributed by atoms with Crippen LogP contribution >= 0.6 is 11.3 Å². The highest BCUT2D eigenvalue weighted by atomic mass is 32.1. The molecule has 0 saturated carbocycles. The summed E-state index contributed by atoms with van der Waals surface area (Å²) in [5, 5.41) is 4.24. The molecule has 0 fully saturated rings. The van der Waals surface area contributed by atoms with Gasteiger partial charge >= 0.3 is 0 Å². The van der Waals surface area contributed by atoms with Crippen molar-refractivity contribution in [1.29, 1.82) is 0 Å². The minimum atomic E-state index is 0.679. The quantitative estimate of drug-likeness (QED) is 0.751. The van der Waals surface area contributed by atoms with E-state index in [9.17, 15) is 0 Å². The number of aromatic nitrogens is 1. The normalized spacial score (nSPS) is 10.7. The van der Waals surface area contributed by atoms with E-state index in [4.69, 9.17) is 4.74 Å². The lowest BCUT2D eigenvalue weighted by molar-refractivity contribution is 0.341. The first-order chi connectivity index (χ1) is 9.74. The number of anilines is 2. The van der Waals surface area contributed by atoms with E-state index in [-0.39, 0.29) is 0 Å². The summed E-state index contributed by atoms with van der Waals surface area (Å²) < 4.78 is 6.64. The van der Waals surface area contributed by atoms with Crippen LogP contribution in [0.1, 0.15) is 12.5 Å². The van der Waals surface area contributed by atoms with E-state index in [1.165, 1.54) is 5.56 Å². The van der Waals surface area contributed by atoms with Crippen LogP contribution < -0.4 is 10.1 Å². The molecule has 0 bridgehead atoms. The first-order valence-electron chi connectivity index (χ1n) is 6.61. The molecule has 1 heterocycles. The van der Waals surface area contributed by atoms with Crippen LogP contribution in [0.4, 0.5) is 10.8 Å². The third-order valence-electron chi connectivity index (χ3n) is 2.97. The number of thiazole rings is 1. The lowest BCUT2D eigenvalue weighted by Crippen LogP contribution is -1.90. The van der Waals surface area contributed by atoms with E-state index in [1.54, 1.807) is 11.3 Å². The number of ether oxygens (including phenoxy) is 1. The second kappa shape index (κ2) is 5.51. The van der Waals surface area contributed by atoms with Crippen LogP contribution in [0.5, 0.6) is 5.75 Å². The molecule has 0 unspecified atom stereocenters. The van der Waals surface area contributed by atoms with Gasteiger partial charge in [0.15, 0.2) is 5.13 Å². The second-order valence-corrected chi connectivity index (χ2v) is 5.60. The largest absolute Gasteiger partial charge is 0.494 e. The second-order valence-electron chi connectivity index (χ2n) is 4.57. The van der Waals surface area contributed by atoms with Crippen molar-refractivity contribution < 1.29 is 4.74 Å².